The van der Waals surface area contributed by atoms with Crippen LogP contribution in [0.25, 0.3) is 0 Å². The predicted molar refractivity (Wildman–Crippen MR) is 67.2 cm³/mol. The largest absolute Gasteiger partial charge is 0.392 e. The Morgan fingerprint density at radius 1 is 1.47 bits per heavy atom. The zero-order valence-corrected chi connectivity index (χ0v) is 11.1. The highest BCUT2D eigenvalue weighted by Gasteiger charge is 2.33. The predicted octanol–water partition coefficient (Wildman–Crippen LogP) is 0.659. The monoisotopic (exact) mass is 286 g/mol. The molecule has 1 saturated heterocycles. The van der Waals surface area contributed by atoms with Crippen molar-refractivity contribution in [3.63, 3.8) is 0 Å². The van der Waals surface area contributed by atoms with E-state index in [1.54, 1.807) is 0 Å². The number of nitrogens with zero attached hydrogens (tertiary/aromatic N) is 2. The molecule has 0 aromatic heterocycles. The summed E-state index contributed by atoms with van der Waals surface area (Å²) in [4.78, 5) is 10.2. The van der Waals surface area contributed by atoms with Gasteiger partial charge in [0.2, 0.25) is 10.0 Å². The molecular weight excluding hydrogens is 272 g/mol. The number of aliphatic hydroxyl groups excluding tert-OH is 1. The fourth-order valence-electron chi connectivity index (χ4n) is 2.15. The molecule has 1 fully saturated rings. The first-order valence-electron chi connectivity index (χ1n) is 5.76. The van der Waals surface area contributed by atoms with Crippen LogP contribution in [0.1, 0.15) is 12.0 Å². The van der Waals surface area contributed by atoms with Crippen molar-refractivity contribution in [2.45, 2.75) is 24.3 Å². The van der Waals surface area contributed by atoms with Crippen molar-refractivity contribution in [1.82, 2.24) is 4.31 Å². The number of aliphatic hydroxyl groups is 1. The second-order valence-corrected chi connectivity index (χ2v) is 6.37. The van der Waals surface area contributed by atoms with Crippen molar-refractivity contribution < 1.29 is 18.4 Å². The number of hydrogen-bond acceptors (Lipinski definition) is 5. The Morgan fingerprint density at radius 3 is 2.68 bits per heavy atom. The lowest BCUT2D eigenvalue weighted by Gasteiger charge is -2.17. The van der Waals surface area contributed by atoms with Crippen molar-refractivity contribution in [2.75, 3.05) is 13.1 Å². The maximum Gasteiger partial charge on any atom is 0.273 e. The maximum absolute atomic E-state index is 12.4. The topological polar surface area (TPSA) is 101 Å². The van der Waals surface area contributed by atoms with E-state index in [-0.39, 0.29) is 29.2 Å². The number of nitro benzene ring substituents is 1. The summed E-state index contributed by atoms with van der Waals surface area (Å²) in [6, 6.07) is 3.97. The summed E-state index contributed by atoms with van der Waals surface area (Å²) < 4.78 is 25.9. The highest BCUT2D eigenvalue weighted by atomic mass is 32.2. The molecule has 0 radical (unpaired) electrons. The number of rotatable bonds is 3. The first-order valence-corrected chi connectivity index (χ1v) is 7.20. The molecule has 19 heavy (non-hydrogen) atoms. The summed E-state index contributed by atoms with van der Waals surface area (Å²) in [5, 5.41) is 20.2. The van der Waals surface area contributed by atoms with Crippen LogP contribution in [0.3, 0.4) is 0 Å². The van der Waals surface area contributed by atoms with E-state index in [0.717, 1.165) is 4.31 Å². The molecule has 1 atom stereocenters. The molecule has 1 aliphatic rings. The standard InChI is InChI=1S/C11H14N2O5S/c1-8-10(13(15)16)3-2-4-11(8)19(17,18)12-6-5-9(14)7-12/h2-4,9,14H,5-7H2,1H3/t9-/m0/s1. The Morgan fingerprint density at radius 2 is 2.16 bits per heavy atom. The SMILES string of the molecule is Cc1c([N+](=O)[O-])cccc1S(=O)(=O)N1CC[C@H](O)C1. The normalized spacial score (nSPS) is 20.6. The average Bonchev–Trinajstić information content (AvgIpc) is 2.76. The number of benzene rings is 1. The van der Waals surface area contributed by atoms with Crippen molar-refractivity contribution in [3.8, 4) is 0 Å². The molecule has 104 valence electrons. The Bertz CT molecular complexity index is 614. The second kappa shape index (κ2) is 4.87. The highest BCUT2D eigenvalue weighted by Crippen LogP contribution is 2.28. The van der Waals surface area contributed by atoms with Crippen LogP contribution in [-0.2, 0) is 10.0 Å². The van der Waals surface area contributed by atoms with Crippen LogP contribution in [0.4, 0.5) is 5.69 Å². The zero-order chi connectivity index (χ0) is 14.2. The van der Waals surface area contributed by atoms with Crippen LogP contribution in [0.15, 0.2) is 23.1 Å². The van der Waals surface area contributed by atoms with Crippen LogP contribution in [0, 0.1) is 17.0 Å². The summed E-state index contributed by atoms with van der Waals surface area (Å²) in [6.07, 6.45) is -0.290. The molecule has 1 aromatic rings. The lowest BCUT2D eigenvalue weighted by atomic mass is 10.2. The van der Waals surface area contributed by atoms with E-state index in [1.165, 1.54) is 25.1 Å². The molecule has 1 aromatic carbocycles. The quantitative estimate of drug-likeness (QED) is 0.649. The van der Waals surface area contributed by atoms with E-state index < -0.39 is 21.1 Å². The van der Waals surface area contributed by atoms with Crippen molar-refractivity contribution in [1.29, 1.82) is 0 Å². The average molecular weight is 286 g/mol. The minimum absolute atomic E-state index is 0.0322. The van der Waals surface area contributed by atoms with Crippen molar-refractivity contribution >= 4 is 15.7 Å². The summed E-state index contributed by atoms with van der Waals surface area (Å²) in [5.74, 6) is 0. The van der Waals surface area contributed by atoms with Gasteiger partial charge in [-0.3, -0.25) is 10.1 Å². The first kappa shape index (κ1) is 13.9. The number of hydrogen-bond donors (Lipinski definition) is 1. The van der Waals surface area contributed by atoms with Crippen LogP contribution in [0.5, 0.6) is 0 Å². The number of sulfonamides is 1. The van der Waals surface area contributed by atoms with Gasteiger partial charge in [-0.1, -0.05) is 6.07 Å². The van der Waals surface area contributed by atoms with Gasteiger partial charge in [0.1, 0.15) is 0 Å². The van der Waals surface area contributed by atoms with Gasteiger partial charge in [-0.15, -0.1) is 0 Å². The Balaban J connectivity index is 2.47. The smallest absolute Gasteiger partial charge is 0.273 e. The fourth-order valence-corrected chi connectivity index (χ4v) is 3.88. The van der Waals surface area contributed by atoms with Gasteiger partial charge in [0.25, 0.3) is 5.69 Å². The third-order valence-electron chi connectivity index (χ3n) is 3.20. The summed E-state index contributed by atoms with van der Waals surface area (Å²) >= 11 is 0. The van der Waals surface area contributed by atoms with E-state index in [4.69, 9.17) is 0 Å². The molecule has 8 heteroatoms. The first-order chi connectivity index (χ1) is 8.84. The molecule has 1 N–H and O–H groups in total. The number of nitro groups is 1. The van der Waals surface area contributed by atoms with Crippen LogP contribution in [0.2, 0.25) is 0 Å². The molecule has 0 amide bonds. The van der Waals surface area contributed by atoms with Gasteiger partial charge >= 0.3 is 0 Å². The maximum atomic E-state index is 12.4. The van der Waals surface area contributed by atoms with Gasteiger partial charge in [-0.2, -0.15) is 4.31 Å². The Labute approximate surface area is 110 Å². The van der Waals surface area contributed by atoms with Crippen LogP contribution in [-0.4, -0.2) is 41.9 Å². The number of β-amino-alcohol motifs (C(OH)–C–C–N with tert-alkyl or cyclic N) is 1. The van der Waals surface area contributed by atoms with Gasteiger partial charge in [0, 0.05) is 24.7 Å². The van der Waals surface area contributed by atoms with E-state index in [2.05, 4.69) is 0 Å². The van der Waals surface area contributed by atoms with Crippen LogP contribution < -0.4 is 0 Å². The van der Waals surface area contributed by atoms with Crippen molar-refractivity contribution in [2.24, 2.45) is 0 Å². The van der Waals surface area contributed by atoms with Crippen molar-refractivity contribution in [3.05, 3.63) is 33.9 Å². The molecule has 0 unspecified atom stereocenters. The fraction of sp³-hybridized carbons (Fsp3) is 0.455. The second-order valence-electron chi connectivity index (χ2n) is 4.46. The summed E-state index contributed by atoms with van der Waals surface area (Å²) in [6.45, 7) is 1.67. The highest BCUT2D eigenvalue weighted by molar-refractivity contribution is 7.89. The van der Waals surface area contributed by atoms with E-state index in [9.17, 15) is 23.6 Å². The Kier molecular flexibility index (Phi) is 3.57. The van der Waals surface area contributed by atoms with E-state index in [0.29, 0.717) is 6.42 Å². The molecule has 0 aliphatic carbocycles. The minimum atomic E-state index is -3.79. The molecule has 7 nitrogen and oxygen atoms in total. The molecule has 1 heterocycles. The third kappa shape index (κ3) is 2.46. The molecule has 1 aliphatic heterocycles. The van der Waals surface area contributed by atoms with Gasteiger partial charge < -0.3 is 5.11 Å². The van der Waals surface area contributed by atoms with Gasteiger partial charge in [-0.25, -0.2) is 8.42 Å². The van der Waals surface area contributed by atoms with E-state index >= 15 is 0 Å². The summed E-state index contributed by atoms with van der Waals surface area (Å²) in [5.41, 5.74) is -0.102. The molecule has 0 saturated carbocycles. The molecule has 0 spiro atoms. The third-order valence-corrected chi connectivity index (χ3v) is 5.21. The van der Waals surface area contributed by atoms with Gasteiger partial charge in [0.15, 0.2) is 0 Å². The lowest BCUT2D eigenvalue weighted by Crippen LogP contribution is -2.30. The van der Waals surface area contributed by atoms with Gasteiger partial charge in [-0.05, 0) is 19.4 Å². The molecule has 2 rings (SSSR count). The van der Waals surface area contributed by atoms with Gasteiger partial charge in [0.05, 0.1) is 15.9 Å². The van der Waals surface area contributed by atoms with E-state index in [1.807, 2.05) is 0 Å². The minimum Gasteiger partial charge on any atom is -0.392 e. The molecule has 0 bridgehead atoms. The molecular formula is C11H14N2O5S. The zero-order valence-electron chi connectivity index (χ0n) is 10.3. The Hall–Kier alpha value is -1.51. The van der Waals surface area contributed by atoms with Crippen LogP contribution >= 0.6 is 0 Å². The summed E-state index contributed by atoms with van der Waals surface area (Å²) in [7, 11) is -3.79. The lowest BCUT2D eigenvalue weighted by molar-refractivity contribution is -0.385.